The van der Waals surface area contributed by atoms with Crippen LogP contribution in [-0.4, -0.2) is 9.66 Å². The molecule has 5 heteroatoms. The number of nitrogen functional groups attached to an aromatic ring is 2. The second-order valence-corrected chi connectivity index (χ2v) is 4.33. The van der Waals surface area contributed by atoms with Gasteiger partial charge in [-0.15, -0.1) is 0 Å². The van der Waals surface area contributed by atoms with Crippen molar-refractivity contribution in [3.8, 4) is 11.3 Å². The van der Waals surface area contributed by atoms with Crippen molar-refractivity contribution >= 4 is 17.4 Å². The zero-order valence-electron chi connectivity index (χ0n) is 9.65. The molecule has 0 aliphatic rings. The number of hydrogen-bond donors (Lipinski definition) is 2. The fraction of sp³-hybridized carbons (Fsp3) is 0.250. The van der Waals surface area contributed by atoms with Crippen LogP contribution in [0.15, 0.2) is 24.3 Å². The number of anilines is 1. The molecule has 0 fully saturated rings. The number of nitrogens with two attached hydrogens (primary N) is 2. The van der Waals surface area contributed by atoms with Crippen LogP contribution in [0.3, 0.4) is 0 Å². The summed E-state index contributed by atoms with van der Waals surface area (Å²) in [5.41, 5.74) is 7.53. The Bertz CT molecular complexity index is 533. The molecule has 0 radical (unpaired) electrons. The Balaban J connectivity index is 2.49. The normalized spacial score (nSPS) is 10.7. The van der Waals surface area contributed by atoms with E-state index in [2.05, 4.69) is 11.9 Å². The largest absolute Gasteiger partial charge is 0.382 e. The molecule has 4 N–H and O–H groups in total. The second-order valence-electron chi connectivity index (χ2n) is 3.89. The molecular formula is C12H15ClN4. The summed E-state index contributed by atoms with van der Waals surface area (Å²) < 4.78 is 1.44. The maximum absolute atomic E-state index is 5.95. The highest BCUT2D eigenvalue weighted by Gasteiger charge is 2.13. The number of hydrogen-bond acceptors (Lipinski definition) is 3. The average molecular weight is 251 g/mol. The SMILES string of the molecule is CCCc1nc(-c2cccc(Cl)c2)c(N)n1N. The van der Waals surface area contributed by atoms with Gasteiger partial charge < -0.3 is 11.6 Å². The highest BCUT2D eigenvalue weighted by atomic mass is 35.5. The van der Waals surface area contributed by atoms with Crippen LogP contribution in [0.25, 0.3) is 11.3 Å². The first-order chi connectivity index (χ1) is 8.13. The van der Waals surface area contributed by atoms with E-state index in [9.17, 15) is 0 Å². The molecule has 0 unspecified atom stereocenters. The molecule has 0 atom stereocenters. The highest BCUT2D eigenvalue weighted by Crippen LogP contribution is 2.27. The van der Waals surface area contributed by atoms with Crippen LogP contribution in [0.5, 0.6) is 0 Å². The van der Waals surface area contributed by atoms with Crippen molar-refractivity contribution < 1.29 is 0 Å². The lowest BCUT2D eigenvalue weighted by atomic mass is 10.1. The molecule has 1 aromatic carbocycles. The maximum atomic E-state index is 5.95. The van der Waals surface area contributed by atoms with Gasteiger partial charge in [0.25, 0.3) is 0 Å². The smallest absolute Gasteiger partial charge is 0.150 e. The van der Waals surface area contributed by atoms with Crippen LogP contribution in [0, 0.1) is 0 Å². The first kappa shape index (κ1) is 11.8. The molecule has 90 valence electrons. The molecule has 0 aliphatic heterocycles. The fourth-order valence-electron chi connectivity index (χ4n) is 1.74. The highest BCUT2D eigenvalue weighted by molar-refractivity contribution is 6.30. The van der Waals surface area contributed by atoms with Gasteiger partial charge in [0, 0.05) is 17.0 Å². The standard InChI is InChI=1S/C12H15ClN4/c1-2-4-10-16-11(12(14)17(10)15)8-5-3-6-9(13)7-8/h3,5-7H,2,4,14-15H2,1H3. The Morgan fingerprint density at radius 3 is 2.82 bits per heavy atom. The molecule has 1 aromatic heterocycles. The van der Waals surface area contributed by atoms with E-state index < -0.39 is 0 Å². The number of benzene rings is 1. The molecule has 0 aliphatic carbocycles. The molecule has 0 amide bonds. The molecule has 0 spiro atoms. The number of nitrogens with zero attached hydrogens (tertiary/aromatic N) is 2. The first-order valence-electron chi connectivity index (χ1n) is 5.51. The van der Waals surface area contributed by atoms with Crippen molar-refractivity contribution in [2.24, 2.45) is 0 Å². The van der Waals surface area contributed by atoms with E-state index in [0.29, 0.717) is 16.5 Å². The van der Waals surface area contributed by atoms with E-state index in [-0.39, 0.29) is 0 Å². The van der Waals surface area contributed by atoms with Crippen LogP contribution in [0.2, 0.25) is 5.02 Å². The quantitative estimate of drug-likeness (QED) is 0.822. The lowest BCUT2D eigenvalue weighted by Crippen LogP contribution is -2.15. The fourth-order valence-corrected chi connectivity index (χ4v) is 1.93. The Labute approximate surface area is 105 Å². The number of halogens is 1. The van der Waals surface area contributed by atoms with Crippen LogP contribution in [-0.2, 0) is 6.42 Å². The van der Waals surface area contributed by atoms with Gasteiger partial charge in [-0.05, 0) is 18.6 Å². The number of rotatable bonds is 3. The minimum absolute atomic E-state index is 0.468. The van der Waals surface area contributed by atoms with Gasteiger partial charge in [0.15, 0.2) is 5.82 Å². The molecule has 2 aromatic rings. The van der Waals surface area contributed by atoms with E-state index in [4.69, 9.17) is 23.2 Å². The van der Waals surface area contributed by atoms with E-state index in [1.165, 1.54) is 4.68 Å². The van der Waals surface area contributed by atoms with Gasteiger partial charge >= 0.3 is 0 Å². The molecule has 1 heterocycles. The molecule has 17 heavy (non-hydrogen) atoms. The Hall–Kier alpha value is -1.68. The summed E-state index contributed by atoms with van der Waals surface area (Å²) in [4.78, 5) is 4.46. The van der Waals surface area contributed by atoms with E-state index in [1.807, 2.05) is 24.3 Å². The monoisotopic (exact) mass is 250 g/mol. The second kappa shape index (κ2) is 4.67. The van der Waals surface area contributed by atoms with Crippen LogP contribution in [0.4, 0.5) is 5.82 Å². The Kier molecular flexibility index (Phi) is 3.24. The number of aromatic nitrogens is 2. The van der Waals surface area contributed by atoms with Crippen molar-refractivity contribution in [1.82, 2.24) is 9.66 Å². The van der Waals surface area contributed by atoms with Gasteiger partial charge in [0.2, 0.25) is 0 Å². The summed E-state index contributed by atoms with van der Waals surface area (Å²) in [6, 6.07) is 7.43. The van der Waals surface area contributed by atoms with E-state index >= 15 is 0 Å². The third kappa shape index (κ3) is 2.22. The third-order valence-electron chi connectivity index (χ3n) is 2.59. The maximum Gasteiger partial charge on any atom is 0.150 e. The summed E-state index contributed by atoms with van der Waals surface area (Å²) in [5, 5.41) is 0.658. The zero-order chi connectivity index (χ0) is 12.4. The predicted octanol–water partition coefficient (Wildman–Crippen LogP) is 2.45. The van der Waals surface area contributed by atoms with Gasteiger partial charge in [-0.3, -0.25) is 0 Å². The summed E-state index contributed by atoms with van der Waals surface area (Å²) >= 11 is 5.95. The van der Waals surface area contributed by atoms with Crippen molar-refractivity contribution in [2.45, 2.75) is 19.8 Å². The summed E-state index contributed by atoms with van der Waals surface area (Å²) in [6.07, 6.45) is 1.78. The number of aryl methyl sites for hydroxylation is 1. The summed E-state index contributed by atoms with van der Waals surface area (Å²) in [6.45, 7) is 2.07. The van der Waals surface area contributed by atoms with Gasteiger partial charge in [-0.1, -0.05) is 30.7 Å². The molecule has 0 saturated carbocycles. The van der Waals surface area contributed by atoms with E-state index in [1.54, 1.807) is 0 Å². The molecular weight excluding hydrogens is 236 g/mol. The summed E-state index contributed by atoms with van der Waals surface area (Å²) in [5.74, 6) is 7.12. The number of imidazole rings is 1. The average Bonchev–Trinajstić information content (AvgIpc) is 2.58. The topological polar surface area (TPSA) is 69.9 Å². The van der Waals surface area contributed by atoms with Gasteiger partial charge in [0.1, 0.15) is 11.5 Å². The lowest BCUT2D eigenvalue weighted by Gasteiger charge is -2.01. The Morgan fingerprint density at radius 1 is 1.41 bits per heavy atom. The zero-order valence-corrected chi connectivity index (χ0v) is 10.4. The molecule has 2 rings (SSSR count). The van der Waals surface area contributed by atoms with Crippen molar-refractivity contribution in [3.63, 3.8) is 0 Å². The predicted molar refractivity (Wildman–Crippen MR) is 71.2 cm³/mol. The van der Waals surface area contributed by atoms with Crippen LogP contribution < -0.4 is 11.6 Å². The van der Waals surface area contributed by atoms with Gasteiger partial charge in [0.05, 0.1) is 0 Å². The molecule has 0 bridgehead atoms. The van der Waals surface area contributed by atoms with Crippen LogP contribution >= 0.6 is 11.6 Å². The molecule has 4 nitrogen and oxygen atoms in total. The minimum Gasteiger partial charge on any atom is -0.382 e. The van der Waals surface area contributed by atoms with E-state index in [0.717, 1.165) is 24.2 Å². The minimum atomic E-state index is 0.468. The first-order valence-corrected chi connectivity index (χ1v) is 5.89. The third-order valence-corrected chi connectivity index (χ3v) is 2.83. The Morgan fingerprint density at radius 2 is 2.18 bits per heavy atom. The van der Waals surface area contributed by atoms with Crippen LogP contribution in [0.1, 0.15) is 19.2 Å². The van der Waals surface area contributed by atoms with Gasteiger partial charge in [-0.25, -0.2) is 9.66 Å². The van der Waals surface area contributed by atoms with Crippen molar-refractivity contribution in [2.75, 3.05) is 11.6 Å². The van der Waals surface area contributed by atoms with Crippen molar-refractivity contribution in [1.29, 1.82) is 0 Å². The van der Waals surface area contributed by atoms with Crippen molar-refractivity contribution in [3.05, 3.63) is 35.1 Å². The molecule has 0 saturated heterocycles. The summed E-state index contributed by atoms with van der Waals surface area (Å²) in [7, 11) is 0. The lowest BCUT2D eigenvalue weighted by molar-refractivity contribution is 0.794. The van der Waals surface area contributed by atoms with Gasteiger partial charge in [-0.2, -0.15) is 0 Å².